The standard InChI is InChI=1S/C29H35N3O4/c1-31(17-12-24-20-27(35-2)22-28(21-24)36-3)16-5-15-30-29(34)7-4-6-23-8-10-25(11-9-23)32-18-13-26(33)14-19-32/h4,6,8-11,13-14,18-22H,5,7,12,15-17H2,1-3H3,(H,30,34). The molecular formula is C29H35N3O4. The van der Waals surface area contributed by atoms with E-state index >= 15 is 0 Å². The number of benzene rings is 2. The first-order valence-corrected chi connectivity index (χ1v) is 12.1. The number of methoxy groups -OCH3 is 2. The van der Waals surface area contributed by atoms with Gasteiger partial charge in [0.05, 0.1) is 14.2 Å². The van der Waals surface area contributed by atoms with Crippen LogP contribution in [0.1, 0.15) is 24.0 Å². The van der Waals surface area contributed by atoms with Crippen LogP contribution >= 0.6 is 0 Å². The van der Waals surface area contributed by atoms with Crippen LogP contribution in [0.4, 0.5) is 0 Å². The van der Waals surface area contributed by atoms with Gasteiger partial charge in [-0.05, 0) is 61.8 Å². The SMILES string of the molecule is COc1cc(CCN(C)CCCNC(=O)CC=Cc2ccc(-n3ccc(=O)cc3)cc2)cc(OC)c1. The molecule has 0 radical (unpaired) electrons. The van der Waals surface area contributed by atoms with E-state index in [1.165, 1.54) is 17.7 Å². The lowest BCUT2D eigenvalue weighted by Gasteiger charge is -2.17. The highest BCUT2D eigenvalue weighted by Gasteiger charge is 2.05. The van der Waals surface area contributed by atoms with Gasteiger partial charge in [0.2, 0.25) is 5.91 Å². The van der Waals surface area contributed by atoms with E-state index in [-0.39, 0.29) is 11.3 Å². The molecule has 190 valence electrons. The van der Waals surface area contributed by atoms with Crippen LogP contribution in [0.3, 0.4) is 0 Å². The number of nitrogens with zero attached hydrogens (tertiary/aromatic N) is 2. The molecule has 0 bridgehead atoms. The number of ether oxygens (including phenoxy) is 2. The molecule has 1 amide bonds. The molecule has 0 saturated heterocycles. The van der Waals surface area contributed by atoms with Crippen LogP contribution in [-0.2, 0) is 11.2 Å². The van der Waals surface area contributed by atoms with Gasteiger partial charge in [0.1, 0.15) is 11.5 Å². The third-order valence-electron chi connectivity index (χ3n) is 5.84. The number of likely N-dealkylation sites (N-methyl/N-ethyl adjacent to an activating group) is 1. The molecule has 1 heterocycles. The summed E-state index contributed by atoms with van der Waals surface area (Å²) < 4.78 is 12.6. The van der Waals surface area contributed by atoms with Crippen LogP contribution in [0.15, 0.2) is 77.9 Å². The van der Waals surface area contributed by atoms with Crippen molar-refractivity contribution in [3.63, 3.8) is 0 Å². The monoisotopic (exact) mass is 489 g/mol. The van der Waals surface area contributed by atoms with E-state index < -0.39 is 0 Å². The van der Waals surface area contributed by atoms with E-state index in [0.717, 1.165) is 48.7 Å². The summed E-state index contributed by atoms with van der Waals surface area (Å²) in [5, 5.41) is 2.98. The van der Waals surface area contributed by atoms with E-state index in [1.54, 1.807) is 26.6 Å². The van der Waals surface area contributed by atoms with E-state index in [4.69, 9.17) is 9.47 Å². The number of amides is 1. The topological polar surface area (TPSA) is 72.8 Å². The first-order valence-electron chi connectivity index (χ1n) is 12.1. The van der Waals surface area contributed by atoms with Gasteiger partial charge in [0.25, 0.3) is 0 Å². The van der Waals surface area contributed by atoms with E-state index in [2.05, 4.69) is 17.3 Å². The second kappa shape index (κ2) is 13.9. The van der Waals surface area contributed by atoms with Crippen LogP contribution in [0, 0.1) is 0 Å². The smallest absolute Gasteiger partial charge is 0.223 e. The summed E-state index contributed by atoms with van der Waals surface area (Å²) in [5.41, 5.74) is 3.15. The molecule has 0 spiro atoms. The van der Waals surface area contributed by atoms with Crippen molar-refractivity contribution >= 4 is 12.0 Å². The summed E-state index contributed by atoms with van der Waals surface area (Å²) in [6.45, 7) is 2.46. The lowest BCUT2D eigenvalue weighted by atomic mass is 10.1. The largest absolute Gasteiger partial charge is 0.497 e. The quantitative estimate of drug-likeness (QED) is 0.368. The lowest BCUT2D eigenvalue weighted by Crippen LogP contribution is -2.28. The second-order valence-corrected chi connectivity index (χ2v) is 8.62. The highest BCUT2D eigenvalue weighted by atomic mass is 16.5. The number of carbonyl (C=O) groups excluding carboxylic acids is 1. The van der Waals surface area contributed by atoms with E-state index in [1.807, 2.05) is 59.2 Å². The fraction of sp³-hybridized carbons (Fsp3) is 0.310. The summed E-state index contributed by atoms with van der Waals surface area (Å²) in [4.78, 5) is 25.6. The molecular weight excluding hydrogens is 454 g/mol. The van der Waals surface area contributed by atoms with Crippen LogP contribution < -0.4 is 20.2 Å². The maximum Gasteiger partial charge on any atom is 0.223 e. The minimum Gasteiger partial charge on any atom is -0.497 e. The summed E-state index contributed by atoms with van der Waals surface area (Å²) >= 11 is 0. The number of rotatable bonds is 13. The number of hydrogen-bond donors (Lipinski definition) is 1. The molecule has 0 aliphatic heterocycles. The Morgan fingerprint density at radius 3 is 2.28 bits per heavy atom. The molecule has 0 aliphatic carbocycles. The molecule has 0 saturated carbocycles. The van der Waals surface area contributed by atoms with Gasteiger partial charge in [-0.1, -0.05) is 24.3 Å². The molecule has 2 aromatic carbocycles. The number of hydrogen-bond acceptors (Lipinski definition) is 5. The van der Waals surface area contributed by atoms with Gasteiger partial charge in [0, 0.05) is 55.8 Å². The molecule has 3 aromatic rings. The average molecular weight is 490 g/mol. The Labute approximate surface area is 213 Å². The fourth-order valence-corrected chi connectivity index (χ4v) is 3.74. The van der Waals surface area contributed by atoms with Crippen molar-refractivity contribution < 1.29 is 14.3 Å². The van der Waals surface area contributed by atoms with Gasteiger partial charge < -0.3 is 24.3 Å². The minimum atomic E-state index is -0.0121. The zero-order chi connectivity index (χ0) is 25.8. The highest BCUT2D eigenvalue weighted by Crippen LogP contribution is 2.22. The maximum atomic E-state index is 12.1. The zero-order valence-corrected chi connectivity index (χ0v) is 21.3. The Bertz CT molecular complexity index is 1160. The summed E-state index contributed by atoms with van der Waals surface area (Å²) in [5.74, 6) is 1.61. The third-order valence-corrected chi connectivity index (χ3v) is 5.84. The first kappa shape index (κ1) is 26.8. The third kappa shape index (κ3) is 8.74. The van der Waals surface area contributed by atoms with Gasteiger partial charge >= 0.3 is 0 Å². The second-order valence-electron chi connectivity index (χ2n) is 8.62. The molecule has 3 rings (SSSR count). The van der Waals surface area contributed by atoms with Gasteiger partial charge in [-0.25, -0.2) is 0 Å². The van der Waals surface area contributed by atoms with Crippen molar-refractivity contribution in [2.45, 2.75) is 19.3 Å². The van der Waals surface area contributed by atoms with Gasteiger partial charge in [-0.3, -0.25) is 9.59 Å². The fourth-order valence-electron chi connectivity index (χ4n) is 3.74. The lowest BCUT2D eigenvalue weighted by molar-refractivity contribution is -0.120. The van der Waals surface area contributed by atoms with E-state index in [9.17, 15) is 9.59 Å². The molecule has 0 unspecified atom stereocenters. The van der Waals surface area contributed by atoms with Crippen molar-refractivity contribution in [1.29, 1.82) is 0 Å². The first-order chi connectivity index (χ1) is 17.5. The predicted octanol–water partition coefficient (Wildman–Crippen LogP) is 3.94. The molecule has 7 heteroatoms. The Morgan fingerprint density at radius 1 is 0.972 bits per heavy atom. The Morgan fingerprint density at radius 2 is 1.64 bits per heavy atom. The van der Waals surface area contributed by atoms with Gasteiger partial charge in [-0.15, -0.1) is 0 Å². The number of pyridine rings is 1. The molecule has 1 aromatic heterocycles. The summed E-state index contributed by atoms with van der Waals surface area (Å²) in [7, 11) is 5.40. The van der Waals surface area contributed by atoms with Crippen molar-refractivity contribution in [3.8, 4) is 17.2 Å². The highest BCUT2D eigenvalue weighted by molar-refractivity contribution is 5.78. The van der Waals surface area contributed by atoms with Crippen molar-refractivity contribution in [2.24, 2.45) is 0 Å². The van der Waals surface area contributed by atoms with Gasteiger partial charge in [-0.2, -0.15) is 0 Å². The molecule has 0 fully saturated rings. The van der Waals surface area contributed by atoms with Crippen LogP contribution in [-0.4, -0.2) is 56.3 Å². The molecule has 1 N–H and O–H groups in total. The maximum absolute atomic E-state index is 12.1. The van der Waals surface area contributed by atoms with Crippen LogP contribution in [0.2, 0.25) is 0 Å². The number of nitrogens with one attached hydrogen (secondary N) is 1. The summed E-state index contributed by atoms with van der Waals surface area (Å²) in [6, 6.07) is 16.9. The molecule has 7 nitrogen and oxygen atoms in total. The minimum absolute atomic E-state index is 0.0121. The molecule has 0 aliphatic rings. The normalized spacial score (nSPS) is 11.1. The Hall–Kier alpha value is -3.84. The van der Waals surface area contributed by atoms with E-state index in [0.29, 0.717) is 13.0 Å². The zero-order valence-electron chi connectivity index (χ0n) is 21.3. The van der Waals surface area contributed by atoms with Gasteiger partial charge in [0.15, 0.2) is 5.43 Å². The Kier molecular flexibility index (Phi) is 10.3. The number of aromatic nitrogens is 1. The molecule has 36 heavy (non-hydrogen) atoms. The predicted molar refractivity (Wildman–Crippen MR) is 144 cm³/mol. The van der Waals surface area contributed by atoms with Crippen molar-refractivity contribution in [2.75, 3.05) is 40.9 Å². The average Bonchev–Trinajstić information content (AvgIpc) is 2.90. The van der Waals surface area contributed by atoms with Crippen molar-refractivity contribution in [3.05, 3.63) is 94.4 Å². The van der Waals surface area contributed by atoms with Crippen LogP contribution in [0.25, 0.3) is 11.8 Å². The Balaban J connectivity index is 1.32. The molecule has 0 atom stereocenters. The van der Waals surface area contributed by atoms with Crippen molar-refractivity contribution in [1.82, 2.24) is 14.8 Å². The number of carbonyl (C=O) groups is 1. The van der Waals surface area contributed by atoms with Crippen LogP contribution in [0.5, 0.6) is 11.5 Å². The summed E-state index contributed by atoms with van der Waals surface area (Å²) in [6.07, 6.45) is 9.43.